The van der Waals surface area contributed by atoms with Crippen LogP contribution in [0.15, 0.2) is 12.4 Å². The van der Waals surface area contributed by atoms with Crippen molar-refractivity contribution in [2.75, 3.05) is 25.2 Å². The third-order valence-electron chi connectivity index (χ3n) is 3.29. The van der Waals surface area contributed by atoms with Crippen LogP contribution in [0.5, 0.6) is 0 Å². The number of nitrogens with zero attached hydrogens (tertiary/aromatic N) is 3. The fourth-order valence-electron chi connectivity index (χ4n) is 2.02. The Bertz CT molecular complexity index is 410. The summed E-state index contributed by atoms with van der Waals surface area (Å²) < 4.78 is 5.42. The van der Waals surface area contributed by atoms with Crippen LogP contribution < -0.4 is 10.2 Å². The predicted molar refractivity (Wildman–Crippen MR) is 76.3 cm³/mol. The summed E-state index contributed by atoms with van der Waals surface area (Å²) in [5, 5.41) is 3.43. The third kappa shape index (κ3) is 4.14. The van der Waals surface area contributed by atoms with Crippen molar-refractivity contribution in [3.63, 3.8) is 0 Å². The van der Waals surface area contributed by atoms with E-state index in [9.17, 15) is 0 Å². The van der Waals surface area contributed by atoms with E-state index in [0.29, 0.717) is 6.04 Å². The highest BCUT2D eigenvalue weighted by molar-refractivity contribution is 5.37. The van der Waals surface area contributed by atoms with E-state index in [0.717, 1.165) is 37.7 Å². The number of rotatable bonds is 4. The van der Waals surface area contributed by atoms with Gasteiger partial charge < -0.3 is 15.0 Å². The van der Waals surface area contributed by atoms with E-state index in [-0.39, 0.29) is 5.54 Å². The fraction of sp³-hybridized carbons (Fsp3) is 0.714. The van der Waals surface area contributed by atoms with Gasteiger partial charge in [-0.15, -0.1) is 0 Å². The average Bonchev–Trinajstić information content (AvgIpc) is 2.89. The summed E-state index contributed by atoms with van der Waals surface area (Å²) in [7, 11) is 2.06. The minimum Gasteiger partial charge on any atom is -0.379 e. The van der Waals surface area contributed by atoms with Gasteiger partial charge in [0.2, 0.25) is 0 Å². The van der Waals surface area contributed by atoms with Crippen molar-refractivity contribution in [1.29, 1.82) is 0 Å². The van der Waals surface area contributed by atoms with E-state index >= 15 is 0 Å². The first-order valence-electron chi connectivity index (χ1n) is 6.82. The summed E-state index contributed by atoms with van der Waals surface area (Å²) in [5.41, 5.74) is 1.06. The van der Waals surface area contributed by atoms with Crippen molar-refractivity contribution in [1.82, 2.24) is 15.3 Å². The van der Waals surface area contributed by atoms with Gasteiger partial charge >= 0.3 is 0 Å². The largest absolute Gasteiger partial charge is 0.379 e. The van der Waals surface area contributed by atoms with Crippen LogP contribution in [0.1, 0.15) is 32.9 Å². The van der Waals surface area contributed by atoms with E-state index < -0.39 is 0 Å². The van der Waals surface area contributed by atoms with Gasteiger partial charge in [-0.1, -0.05) is 0 Å². The van der Waals surface area contributed by atoms with Crippen LogP contribution in [-0.4, -0.2) is 41.8 Å². The molecule has 1 fully saturated rings. The highest BCUT2D eigenvalue weighted by atomic mass is 16.5. The summed E-state index contributed by atoms with van der Waals surface area (Å²) in [5.74, 6) is 0.920. The Labute approximate surface area is 115 Å². The molecule has 1 aliphatic heterocycles. The minimum absolute atomic E-state index is 0.0862. The second kappa shape index (κ2) is 5.84. The summed E-state index contributed by atoms with van der Waals surface area (Å²) in [4.78, 5) is 11.1. The molecular weight excluding hydrogens is 240 g/mol. The van der Waals surface area contributed by atoms with E-state index in [2.05, 4.69) is 48.0 Å². The molecular formula is C14H24N4O. The third-order valence-corrected chi connectivity index (χ3v) is 3.29. The molecule has 0 aromatic carbocycles. The Kier molecular flexibility index (Phi) is 4.37. The van der Waals surface area contributed by atoms with E-state index in [1.54, 1.807) is 0 Å². The lowest BCUT2D eigenvalue weighted by Gasteiger charge is -2.25. The molecule has 0 amide bonds. The number of aromatic nitrogens is 2. The monoisotopic (exact) mass is 264 g/mol. The molecule has 0 spiro atoms. The van der Waals surface area contributed by atoms with Gasteiger partial charge in [-0.3, -0.25) is 4.98 Å². The van der Waals surface area contributed by atoms with Crippen molar-refractivity contribution in [3.8, 4) is 0 Å². The smallest absolute Gasteiger partial charge is 0.147 e. The van der Waals surface area contributed by atoms with Crippen LogP contribution in [0.2, 0.25) is 0 Å². The van der Waals surface area contributed by atoms with Crippen LogP contribution in [0, 0.1) is 0 Å². The molecule has 2 rings (SSSR count). The minimum atomic E-state index is 0.0862. The molecule has 0 saturated carbocycles. The van der Waals surface area contributed by atoms with Crippen molar-refractivity contribution >= 4 is 5.82 Å². The SMILES string of the molecule is CN(c1cncc(CNC(C)(C)C)n1)C1CCOC1. The summed E-state index contributed by atoms with van der Waals surface area (Å²) in [6.45, 7) is 8.79. The molecule has 1 aliphatic rings. The Morgan fingerprint density at radius 3 is 2.84 bits per heavy atom. The van der Waals surface area contributed by atoms with Gasteiger partial charge in [-0.2, -0.15) is 0 Å². The van der Waals surface area contributed by atoms with Crippen molar-refractivity contribution in [2.45, 2.75) is 45.3 Å². The van der Waals surface area contributed by atoms with Crippen molar-refractivity contribution in [3.05, 3.63) is 18.1 Å². The number of nitrogens with one attached hydrogen (secondary N) is 1. The first-order valence-corrected chi connectivity index (χ1v) is 6.82. The molecule has 5 nitrogen and oxygen atoms in total. The molecule has 1 aromatic rings. The molecule has 0 radical (unpaired) electrons. The Morgan fingerprint density at radius 1 is 1.42 bits per heavy atom. The molecule has 2 heterocycles. The van der Waals surface area contributed by atoms with Crippen LogP contribution in [-0.2, 0) is 11.3 Å². The number of likely N-dealkylation sites (N-methyl/N-ethyl adjacent to an activating group) is 1. The normalized spacial score (nSPS) is 19.7. The highest BCUT2D eigenvalue weighted by Crippen LogP contribution is 2.17. The lowest BCUT2D eigenvalue weighted by atomic mass is 10.1. The highest BCUT2D eigenvalue weighted by Gasteiger charge is 2.21. The zero-order valence-corrected chi connectivity index (χ0v) is 12.3. The Balaban J connectivity index is 2.01. The first kappa shape index (κ1) is 14.2. The van der Waals surface area contributed by atoms with Crippen LogP contribution >= 0.6 is 0 Å². The lowest BCUT2D eigenvalue weighted by Crippen LogP contribution is -2.36. The number of anilines is 1. The standard InChI is InChI=1S/C14H24N4O/c1-14(2,3)16-8-11-7-15-9-13(17-11)18(4)12-5-6-19-10-12/h7,9,12,16H,5-6,8,10H2,1-4H3. The van der Waals surface area contributed by atoms with Gasteiger partial charge in [-0.05, 0) is 27.2 Å². The van der Waals surface area contributed by atoms with Crippen LogP contribution in [0.25, 0.3) is 0 Å². The quantitative estimate of drug-likeness (QED) is 0.895. The Hall–Kier alpha value is -1.20. The predicted octanol–water partition coefficient (Wildman–Crippen LogP) is 1.59. The molecule has 1 aromatic heterocycles. The summed E-state index contributed by atoms with van der Waals surface area (Å²) >= 11 is 0. The molecule has 5 heteroatoms. The number of hydrogen-bond donors (Lipinski definition) is 1. The zero-order chi connectivity index (χ0) is 13.9. The van der Waals surface area contributed by atoms with Gasteiger partial charge in [0.15, 0.2) is 0 Å². The lowest BCUT2D eigenvalue weighted by molar-refractivity contribution is 0.193. The fourth-order valence-corrected chi connectivity index (χ4v) is 2.02. The van der Waals surface area contributed by atoms with E-state index in [4.69, 9.17) is 4.74 Å². The maximum atomic E-state index is 5.42. The second-order valence-corrected chi connectivity index (χ2v) is 6.10. The molecule has 106 valence electrons. The number of hydrogen-bond acceptors (Lipinski definition) is 5. The molecule has 1 unspecified atom stereocenters. The molecule has 1 N–H and O–H groups in total. The first-order chi connectivity index (χ1) is 8.96. The average molecular weight is 264 g/mol. The Morgan fingerprint density at radius 2 is 2.21 bits per heavy atom. The zero-order valence-electron chi connectivity index (χ0n) is 12.3. The van der Waals surface area contributed by atoms with E-state index in [1.165, 1.54) is 0 Å². The van der Waals surface area contributed by atoms with Gasteiger partial charge in [0.1, 0.15) is 5.82 Å². The molecule has 1 atom stereocenters. The van der Waals surface area contributed by atoms with Gasteiger partial charge in [-0.25, -0.2) is 4.98 Å². The van der Waals surface area contributed by atoms with Gasteiger partial charge in [0.05, 0.1) is 24.5 Å². The molecule has 0 bridgehead atoms. The molecule has 1 saturated heterocycles. The van der Waals surface area contributed by atoms with Crippen molar-refractivity contribution in [2.24, 2.45) is 0 Å². The topological polar surface area (TPSA) is 50.3 Å². The molecule has 19 heavy (non-hydrogen) atoms. The second-order valence-electron chi connectivity index (χ2n) is 6.10. The molecule has 0 aliphatic carbocycles. The summed E-state index contributed by atoms with van der Waals surface area (Å²) in [6.07, 6.45) is 4.70. The summed E-state index contributed by atoms with van der Waals surface area (Å²) in [6, 6.07) is 0.417. The number of ether oxygens (including phenoxy) is 1. The van der Waals surface area contributed by atoms with Crippen LogP contribution in [0.3, 0.4) is 0 Å². The van der Waals surface area contributed by atoms with E-state index in [1.807, 2.05) is 12.4 Å². The van der Waals surface area contributed by atoms with Crippen molar-refractivity contribution < 1.29 is 4.74 Å². The maximum Gasteiger partial charge on any atom is 0.147 e. The maximum absolute atomic E-state index is 5.42. The van der Waals surface area contributed by atoms with Gasteiger partial charge in [0, 0.05) is 31.9 Å². The van der Waals surface area contributed by atoms with Crippen LogP contribution in [0.4, 0.5) is 5.82 Å². The van der Waals surface area contributed by atoms with Gasteiger partial charge in [0.25, 0.3) is 0 Å².